The molecule has 2 rings (SSSR count). The Hall–Kier alpha value is -2.62. The molecule has 2 N–H and O–H groups in total. The van der Waals surface area contributed by atoms with Crippen LogP contribution in [0.15, 0.2) is 6.20 Å². The van der Waals surface area contributed by atoms with Gasteiger partial charge < -0.3 is 24.7 Å². The number of alkyl carbamates (subject to hydrolysis) is 1. The Labute approximate surface area is 164 Å². The zero-order valence-electron chi connectivity index (χ0n) is 17.2. The molecular formula is C18H29N5O5. The van der Waals surface area contributed by atoms with Crippen molar-refractivity contribution in [1.29, 1.82) is 0 Å². The molecule has 0 aliphatic carbocycles. The van der Waals surface area contributed by atoms with Crippen molar-refractivity contribution in [3.8, 4) is 0 Å². The lowest BCUT2D eigenvalue weighted by molar-refractivity contribution is -0.120. The molecule has 0 aromatic carbocycles. The maximum absolute atomic E-state index is 12.6. The third-order valence-corrected chi connectivity index (χ3v) is 4.16. The van der Waals surface area contributed by atoms with Gasteiger partial charge in [0, 0.05) is 25.8 Å². The number of carbonyl (C=O) groups is 3. The minimum atomic E-state index is -0.582. The molecule has 1 aromatic rings. The van der Waals surface area contributed by atoms with E-state index in [9.17, 15) is 14.4 Å². The van der Waals surface area contributed by atoms with Crippen LogP contribution in [-0.4, -0.2) is 70.3 Å². The Morgan fingerprint density at radius 2 is 1.96 bits per heavy atom. The Bertz CT molecular complexity index is 739. The quantitative estimate of drug-likeness (QED) is 0.718. The minimum absolute atomic E-state index is 0.112. The number of likely N-dealkylation sites (N-methyl/N-ethyl adjacent to an activating group) is 1. The van der Waals surface area contributed by atoms with Crippen LogP contribution in [0.1, 0.15) is 44.7 Å². The molecule has 1 saturated heterocycles. The highest BCUT2D eigenvalue weighted by Crippen LogP contribution is 2.19. The zero-order valence-corrected chi connectivity index (χ0v) is 17.2. The first kappa shape index (κ1) is 21.7. The van der Waals surface area contributed by atoms with Crippen LogP contribution in [0.25, 0.3) is 0 Å². The number of hydrogen-bond donors (Lipinski definition) is 2. The summed E-state index contributed by atoms with van der Waals surface area (Å²) in [4.78, 5) is 42.4. The smallest absolute Gasteiger partial charge is 0.407 e. The van der Waals surface area contributed by atoms with Gasteiger partial charge in [-0.2, -0.15) is 0 Å². The highest BCUT2D eigenvalue weighted by molar-refractivity contribution is 5.95. The van der Waals surface area contributed by atoms with E-state index in [-0.39, 0.29) is 30.2 Å². The molecular weight excluding hydrogens is 366 g/mol. The highest BCUT2D eigenvalue weighted by atomic mass is 16.6. The monoisotopic (exact) mass is 395 g/mol. The number of anilines is 1. The van der Waals surface area contributed by atoms with E-state index in [0.717, 1.165) is 0 Å². The molecule has 2 amide bonds. The summed E-state index contributed by atoms with van der Waals surface area (Å²) in [6.45, 7) is 7.85. The molecule has 0 bridgehead atoms. The molecule has 2 atom stereocenters. The molecule has 10 heteroatoms. The topological polar surface area (TPSA) is 115 Å². The lowest BCUT2D eigenvalue weighted by Gasteiger charge is -2.21. The average Bonchev–Trinajstić information content (AvgIpc) is 3.08. The summed E-state index contributed by atoms with van der Waals surface area (Å²) in [6.07, 6.45) is 1.49. The Balaban J connectivity index is 1.95. The van der Waals surface area contributed by atoms with Crippen LogP contribution in [0.4, 0.5) is 10.6 Å². The van der Waals surface area contributed by atoms with Crippen LogP contribution in [0, 0.1) is 0 Å². The lowest BCUT2D eigenvalue weighted by Crippen LogP contribution is -2.40. The predicted octanol–water partition coefficient (Wildman–Crippen LogP) is 1.13. The highest BCUT2D eigenvalue weighted by Gasteiger charge is 2.36. The molecule has 0 spiro atoms. The fourth-order valence-corrected chi connectivity index (χ4v) is 3.01. The molecule has 156 valence electrons. The third kappa shape index (κ3) is 5.69. The number of hydrogen-bond acceptors (Lipinski definition) is 7. The van der Waals surface area contributed by atoms with E-state index in [0.29, 0.717) is 13.0 Å². The molecule has 1 aromatic heterocycles. The Kier molecular flexibility index (Phi) is 6.65. The molecule has 0 saturated carbocycles. The van der Waals surface area contributed by atoms with E-state index in [1.54, 1.807) is 40.9 Å². The summed E-state index contributed by atoms with van der Waals surface area (Å²) in [5, 5.41) is 5.51. The van der Waals surface area contributed by atoms with Crippen molar-refractivity contribution in [3.05, 3.63) is 12.0 Å². The van der Waals surface area contributed by atoms with Gasteiger partial charge in [0.1, 0.15) is 5.60 Å². The van der Waals surface area contributed by atoms with Crippen molar-refractivity contribution in [3.63, 3.8) is 0 Å². The number of imidazole rings is 1. The number of carbonyl (C=O) groups excluding carboxylic acids is 3. The van der Waals surface area contributed by atoms with Crippen molar-refractivity contribution in [2.45, 2.75) is 51.8 Å². The summed E-state index contributed by atoms with van der Waals surface area (Å²) in [6, 6.07) is -0.637. The molecule has 1 aliphatic heterocycles. The third-order valence-electron chi connectivity index (χ3n) is 4.16. The summed E-state index contributed by atoms with van der Waals surface area (Å²) < 4.78 is 11.7. The van der Waals surface area contributed by atoms with Gasteiger partial charge in [0.25, 0.3) is 0 Å². The predicted molar refractivity (Wildman–Crippen MR) is 102 cm³/mol. The van der Waals surface area contributed by atoms with E-state index < -0.39 is 23.7 Å². The van der Waals surface area contributed by atoms with Gasteiger partial charge in [-0.15, -0.1) is 0 Å². The number of ether oxygens (including phenoxy) is 2. The molecule has 10 nitrogen and oxygen atoms in total. The number of aryl methyl sites for hydroxylation is 1. The van der Waals surface area contributed by atoms with Crippen LogP contribution >= 0.6 is 0 Å². The zero-order chi connectivity index (χ0) is 21.1. The first-order valence-electron chi connectivity index (χ1n) is 9.21. The Morgan fingerprint density at radius 3 is 2.57 bits per heavy atom. The van der Waals surface area contributed by atoms with Crippen LogP contribution in [0.2, 0.25) is 0 Å². The van der Waals surface area contributed by atoms with Gasteiger partial charge in [-0.3, -0.25) is 9.69 Å². The van der Waals surface area contributed by atoms with Gasteiger partial charge in [-0.25, -0.2) is 14.6 Å². The Morgan fingerprint density at radius 1 is 1.29 bits per heavy atom. The van der Waals surface area contributed by atoms with Crippen molar-refractivity contribution < 1.29 is 23.9 Å². The van der Waals surface area contributed by atoms with Crippen LogP contribution in [-0.2, 0) is 21.3 Å². The summed E-state index contributed by atoms with van der Waals surface area (Å²) in [5.74, 6) is -0.427. The van der Waals surface area contributed by atoms with Crippen LogP contribution < -0.4 is 10.6 Å². The standard InChI is InChI=1S/C18H29N5O5/c1-7-27-16(25)14-20-13(10-23(14)6)21-15(24)12-8-11(9-22(12)5)19-17(26)28-18(2,3)4/h10-12H,7-9H2,1-6H3,(H,19,26)(H,21,24). The van der Waals surface area contributed by atoms with Crippen LogP contribution in [0.3, 0.4) is 0 Å². The van der Waals surface area contributed by atoms with Gasteiger partial charge in [-0.05, 0) is 41.2 Å². The van der Waals surface area contributed by atoms with E-state index in [2.05, 4.69) is 15.6 Å². The van der Waals surface area contributed by atoms with Gasteiger partial charge in [0.05, 0.1) is 12.6 Å². The van der Waals surface area contributed by atoms with Crippen molar-refractivity contribution >= 4 is 23.8 Å². The van der Waals surface area contributed by atoms with E-state index in [1.165, 1.54) is 4.57 Å². The van der Waals surface area contributed by atoms with Crippen molar-refractivity contribution in [2.75, 3.05) is 25.5 Å². The van der Waals surface area contributed by atoms with E-state index >= 15 is 0 Å². The lowest BCUT2D eigenvalue weighted by atomic mass is 10.1. The largest absolute Gasteiger partial charge is 0.460 e. The van der Waals surface area contributed by atoms with Crippen molar-refractivity contribution in [1.82, 2.24) is 19.8 Å². The summed E-state index contributed by atoms with van der Waals surface area (Å²) >= 11 is 0. The number of nitrogens with zero attached hydrogens (tertiary/aromatic N) is 3. The molecule has 2 heterocycles. The number of amides is 2. The summed E-state index contributed by atoms with van der Waals surface area (Å²) in [7, 11) is 3.46. The number of likely N-dealkylation sites (tertiary alicyclic amines) is 1. The minimum Gasteiger partial charge on any atom is -0.460 e. The van der Waals surface area contributed by atoms with Crippen molar-refractivity contribution in [2.24, 2.45) is 7.05 Å². The normalized spacial score (nSPS) is 19.9. The molecule has 2 unspecified atom stereocenters. The first-order chi connectivity index (χ1) is 13.0. The summed E-state index contributed by atoms with van der Waals surface area (Å²) in [5.41, 5.74) is -0.582. The molecule has 0 radical (unpaired) electrons. The van der Waals surface area contributed by atoms with Gasteiger partial charge in [0.2, 0.25) is 11.7 Å². The maximum atomic E-state index is 12.6. The number of nitrogens with one attached hydrogen (secondary N) is 2. The second-order valence-electron chi connectivity index (χ2n) is 7.80. The fourth-order valence-electron chi connectivity index (χ4n) is 3.01. The SMILES string of the molecule is CCOC(=O)c1nc(NC(=O)C2CC(NC(=O)OC(C)(C)C)CN2C)cn1C. The molecule has 28 heavy (non-hydrogen) atoms. The maximum Gasteiger partial charge on any atom is 0.407 e. The van der Waals surface area contributed by atoms with E-state index in [1.807, 2.05) is 11.9 Å². The number of rotatable bonds is 5. The number of esters is 1. The van der Waals surface area contributed by atoms with Gasteiger partial charge in [-0.1, -0.05) is 0 Å². The van der Waals surface area contributed by atoms with Crippen LogP contribution in [0.5, 0.6) is 0 Å². The van der Waals surface area contributed by atoms with E-state index in [4.69, 9.17) is 9.47 Å². The average molecular weight is 395 g/mol. The second kappa shape index (κ2) is 8.59. The van der Waals surface area contributed by atoms with Gasteiger partial charge in [0.15, 0.2) is 5.82 Å². The second-order valence-corrected chi connectivity index (χ2v) is 7.80. The first-order valence-corrected chi connectivity index (χ1v) is 9.21. The van der Waals surface area contributed by atoms with Gasteiger partial charge >= 0.3 is 12.1 Å². The fraction of sp³-hybridized carbons (Fsp3) is 0.667. The number of aromatic nitrogens is 2. The molecule has 1 aliphatic rings. The molecule has 1 fully saturated rings.